The normalized spacial score (nSPS) is 25.1. The molecule has 1 N–H and O–H groups in total. The van der Waals surface area contributed by atoms with Crippen LogP contribution in [0.25, 0.3) is 0 Å². The Bertz CT molecular complexity index is 270. The first-order valence-electron chi connectivity index (χ1n) is 7.43. The van der Waals surface area contributed by atoms with E-state index in [9.17, 15) is 0 Å². The molecule has 1 heterocycles. The summed E-state index contributed by atoms with van der Waals surface area (Å²) in [5, 5.41) is 3.31. The number of hydrogen-bond donors (Lipinski definition) is 1. The van der Waals surface area contributed by atoms with E-state index in [0.717, 1.165) is 12.6 Å². The molecule has 1 saturated heterocycles. The molecule has 0 spiro atoms. The van der Waals surface area contributed by atoms with Crippen molar-refractivity contribution in [2.24, 2.45) is 0 Å². The van der Waals surface area contributed by atoms with E-state index in [2.05, 4.69) is 28.0 Å². The summed E-state index contributed by atoms with van der Waals surface area (Å²) >= 11 is 0. The van der Waals surface area contributed by atoms with Crippen LogP contribution in [-0.4, -0.2) is 61.2 Å². The highest BCUT2D eigenvalue weighted by Gasteiger charge is 2.27. The van der Waals surface area contributed by atoms with Crippen molar-refractivity contribution in [1.29, 1.82) is 0 Å². The lowest BCUT2D eigenvalue weighted by Crippen LogP contribution is -2.53. The molecule has 2 aliphatic rings. The van der Waals surface area contributed by atoms with Crippen LogP contribution >= 0.6 is 0 Å². The van der Waals surface area contributed by atoms with Crippen molar-refractivity contribution in [2.45, 2.75) is 44.7 Å². The van der Waals surface area contributed by atoms with Crippen LogP contribution in [0.5, 0.6) is 0 Å². The zero-order chi connectivity index (χ0) is 12.8. The number of terminal acetylenes is 1. The Morgan fingerprint density at radius 3 is 2.50 bits per heavy atom. The van der Waals surface area contributed by atoms with Crippen LogP contribution in [0, 0.1) is 12.3 Å². The van der Waals surface area contributed by atoms with E-state index in [0.29, 0.717) is 12.6 Å². The van der Waals surface area contributed by atoms with E-state index in [4.69, 9.17) is 6.42 Å². The van der Waals surface area contributed by atoms with Gasteiger partial charge in [0, 0.05) is 44.8 Å². The molecule has 3 heteroatoms. The van der Waals surface area contributed by atoms with Gasteiger partial charge in [-0.05, 0) is 19.8 Å². The largest absolute Gasteiger partial charge is 0.305 e. The SMILES string of the molecule is C#CCNCC(C)N1CCN(C2CCCC2)CC1. The molecule has 18 heavy (non-hydrogen) atoms. The predicted molar refractivity (Wildman–Crippen MR) is 76.6 cm³/mol. The van der Waals surface area contributed by atoms with Crippen LogP contribution in [-0.2, 0) is 0 Å². The summed E-state index contributed by atoms with van der Waals surface area (Å²) in [6.07, 6.45) is 11.0. The summed E-state index contributed by atoms with van der Waals surface area (Å²) < 4.78 is 0. The molecule has 2 rings (SSSR count). The molecule has 1 aliphatic heterocycles. The lowest BCUT2D eigenvalue weighted by molar-refractivity contribution is 0.0753. The second kappa shape index (κ2) is 7.13. The third-order valence-electron chi connectivity index (χ3n) is 4.48. The third-order valence-corrected chi connectivity index (χ3v) is 4.48. The van der Waals surface area contributed by atoms with Crippen LogP contribution in [0.15, 0.2) is 0 Å². The zero-order valence-electron chi connectivity index (χ0n) is 11.7. The van der Waals surface area contributed by atoms with Crippen LogP contribution in [0.2, 0.25) is 0 Å². The number of rotatable bonds is 5. The minimum atomic E-state index is 0.601. The van der Waals surface area contributed by atoms with Crippen molar-refractivity contribution in [3.8, 4) is 12.3 Å². The Hall–Kier alpha value is -0.560. The van der Waals surface area contributed by atoms with Gasteiger partial charge in [-0.1, -0.05) is 18.8 Å². The number of piperazine rings is 1. The molecule has 1 aliphatic carbocycles. The number of nitrogens with zero attached hydrogens (tertiary/aromatic N) is 2. The first-order valence-corrected chi connectivity index (χ1v) is 7.43. The Balaban J connectivity index is 1.67. The summed E-state index contributed by atoms with van der Waals surface area (Å²) in [4.78, 5) is 5.31. The molecule has 1 unspecified atom stereocenters. The fourth-order valence-corrected chi connectivity index (χ4v) is 3.30. The van der Waals surface area contributed by atoms with Crippen LogP contribution in [0.1, 0.15) is 32.6 Å². The topological polar surface area (TPSA) is 18.5 Å². The predicted octanol–water partition coefficient (Wildman–Crippen LogP) is 1.16. The van der Waals surface area contributed by atoms with E-state index in [-0.39, 0.29) is 0 Å². The molecule has 3 nitrogen and oxygen atoms in total. The van der Waals surface area contributed by atoms with Crippen LogP contribution < -0.4 is 5.32 Å². The van der Waals surface area contributed by atoms with Crippen LogP contribution in [0.4, 0.5) is 0 Å². The summed E-state index contributed by atoms with van der Waals surface area (Å²) in [6, 6.07) is 1.49. The van der Waals surface area contributed by atoms with Crippen molar-refractivity contribution in [1.82, 2.24) is 15.1 Å². The van der Waals surface area contributed by atoms with Crippen molar-refractivity contribution in [2.75, 3.05) is 39.3 Å². The van der Waals surface area contributed by atoms with Crippen molar-refractivity contribution in [3.63, 3.8) is 0 Å². The van der Waals surface area contributed by atoms with Crippen molar-refractivity contribution < 1.29 is 0 Å². The highest BCUT2D eigenvalue weighted by molar-refractivity contribution is 4.88. The quantitative estimate of drug-likeness (QED) is 0.583. The molecule has 0 aromatic heterocycles. The van der Waals surface area contributed by atoms with Gasteiger partial charge in [0.25, 0.3) is 0 Å². The number of hydrogen-bond acceptors (Lipinski definition) is 3. The van der Waals surface area contributed by atoms with Crippen molar-refractivity contribution in [3.05, 3.63) is 0 Å². The van der Waals surface area contributed by atoms with Crippen LogP contribution in [0.3, 0.4) is 0 Å². The highest BCUT2D eigenvalue weighted by Crippen LogP contribution is 2.24. The molecule has 1 saturated carbocycles. The average molecular weight is 249 g/mol. The summed E-state index contributed by atoms with van der Waals surface area (Å²) in [7, 11) is 0. The molecule has 0 amide bonds. The molecule has 1 atom stereocenters. The Morgan fingerprint density at radius 2 is 1.89 bits per heavy atom. The minimum Gasteiger partial charge on any atom is -0.305 e. The molecule has 0 radical (unpaired) electrons. The van der Waals surface area contributed by atoms with E-state index >= 15 is 0 Å². The Labute approximate surface area is 112 Å². The van der Waals surface area contributed by atoms with Gasteiger partial charge in [0.1, 0.15) is 0 Å². The summed E-state index contributed by atoms with van der Waals surface area (Å²) in [6.45, 7) is 8.94. The van der Waals surface area contributed by atoms with Gasteiger partial charge >= 0.3 is 0 Å². The zero-order valence-corrected chi connectivity index (χ0v) is 11.7. The van der Waals surface area contributed by atoms with Gasteiger partial charge in [0.2, 0.25) is 0 Å². The highest BCUT2D eigenvalue weighted by atomic mass is 15.3. The van der Waals surface area contributed by atoms with Gasteiger partial charge < -0.3 is 5.32 Å². The monoisotopic (exact) mass is 249 g/mol. The Morgan fingerprint density at radius 1 is 1.22 bits per heavy atom. The van der Waals surface area contributed by atoms with Gasteiger partial charge in [-0.2, -0.15) is 0 Å². The standard InChI is InChI=1S/C15H27N3/c1-3-8-16-13-14(2)17-9-11-18(12-10-17)15-6-4-5-7-15/h1,14-16H,4-13H2,2H3. The minimum absolute atomic E-state index is 0.601. The fraction of sp³-hybridized carbons (Fsp3) is 0.867. The van der Waals surface area contributed by atoms with E-state index < -0.39 is 0 Å². The molecule has 0 aromatic rings. The summed E-state index contributed by atoms with van der Waals surface area (Å²) in [5.74, 6) is 2.63. The van der Waals surface area contributed by atoms with E-state index in [1.807, 2.05) is 0 Å². The molecule has 102 valence electrons. The maximum atomic E-state index is 5.25. The van der Waals surface area contributed by atoms with Crippen molar-refractivity contribution >= 4 is 0 Å². The van der Waals surface area contributed by atoms with Gasteiger partial charge in [-0.3, -0.25) is 9.80 Å². The summed E-state index contributed by atoms with van der Waals surface area (Å²) in [5.41, 5.74) is 0. The maximum absolute atomic E-state index is 5.25. The average Bonchev–Trinajstić information content (AvgIpc) is 2.93. The third kappa shape index (κ3) is 3.71. The molecule has 2 fully saturated rings. The first kappa shape index (κ1) is 13.9. The van der Waals surface area contributed by atoms with Gasteiger partial charge in [0.05, 0.1) is 6.54 Å². The second-order valence-corrected chi connectivity index (χ2v) is 5.69. The van der Waals surface area contributed by atoms with Gasteiger partial charge in [0.15, 0.2) is 0 Å². The fourth-order valence-electron chi connectivity index (χ4n) is 3.30. The molecule has 0 bridgehead atoms. The molecular formula is C15H27N3. The van der Waals surface area contributed by atoms with Gasteiger partial charge in [-0.25, -0.2) is 0 Å². The van der Waals surface area contributed by atoms with Gasteiger partial charge in [-0.15, -0.1) is 6.42 Å². The maximum Gasteiger partial charge on any atom is 0.0574 e. The second-order valence-electron chi connectivity index (χ2n) is 5.69. The smallest absolute Gasteiger partial charge is 0.0574 e. The van der Waals surface area contributed by atoms with E-state index in [1.165, 1.54) is 51.9 Å². The lowest BCUT2D eigenvalue weighted by Gasteiger charge is -2.40. The number of nitrogens with one attached hydrogen (secondary N) is 1. The molecular weight excluding hydrogens is 222 g/mol. The Kier molecular flexibility index (Phi) is 5.49. The van der Waals surface area contributed by atoms with E-state index in [1.54, 1.807) is 0 Å². The molecule has 0 aromatic carbocycles. The first-order chi connectivity index (χ1) is 8.81. The lowest BCUT2D eigenvalue weighted by atomic mass is 10.1.